The highest BCUT2D eigenvalue weighted by molar-refractivity contribution is 5.20. The lowest BCUT2D eigenvalue weighted by molar-refractivity contribution is 0.0352. The van der Waals surface area contributed by atoms with Crippen LogP contribution < -0.4 is 0 Å². The molecule has 1 fully saturated rings. The van der Waals surface area contributed by atoms with Crippen molar-refractivity contribution in [3.8, 4) is 0 Å². The second-order valence-corrected chi connectivity index (χ2v) is 3.47. The van der Waals surface area contributed by atoms with Gasteiger partial charge in [-0.1, -0.05) is 42.5 Å². The van der Waals surface area contributed by atoms with Crippen molar-refractivity contribution >= 4 is 0 Å². The van der Waals surface area contributed by atoms with Crippen LogP contribution in [0.4, 0.5) is 0 Å². The Morgan fingerprint density at radius 1 is 1.23 bits per heavy atom. The second-order valence-electron chi connectivity index (χ2n) is 3.47. The molecule has 2 rings (SSSR count). The molecule has 0 aromatic heterocycles. The molecule has 0 unspecified atom stereocenters. The van der Waals surface area contributed by atoms with E-state index < -0.39 is 0 Å². The zero-order valence-electron chi connectivity index (χ0n) is 7.70. The molecule has 0 bridgehead atoms. The second kappa shape index (κ2) is 3.75. The standard InChI is InChI=1S/C12H14O/c1-10-7-8-13-12(9-10)11-5-3-2-4-6-11/h2-6,12H,1,7-9H2/t12-/m1/s1. The lowest BCUT2D eigenvalue weighted by Gasteiger charge is -2.24. The Morgan fingerprint density at radius 2 is 2.00 bits per heavy atom. The lowest BCUT2D eigenvalue weighted by atomic mass is 9.98. The van der Waals surface area contributed by atoms with Crippen molar-refractivity contribution in [3.63, 3.8) is 0 Å². The van der Waals surface area contributed by atoms with Gasteiger partial charge in [0.1, 0.15) is 0 Å². The van der Waals surface area contributed by atoms with Crippen LogP contribution in [-0.4, -0.2) is 6.61 Å². The molecule has 0 aliphatic carbocycles. The fourth-order valence-corrected chi connectivity index (χ4v) is 1.65. The molecular weight excluding hydrogens is 160 g/mol. The van der Waals surface area contributed by atoms with E-state index in [1.807, 2.05) is 6.07 Å². The summed E-state index contributed by atoms with van der Waals surface area (Å²) in [6.07, 6.45) is 2.23. The van der Waals surface area contributed by atoms with E-state index in [0.29, 0.717) is 0 Å². The van der Waals surface area contributed by atoms with Gasteiger partial charge >= 0.3 is 0 Å². The highest BCUT2D eigenvalue weighted by Gasteiger charge is 2.17. The summed E-state index contributed by atoms with van der Waals surface area (Å²) in [6, 6.07) is 10.4. The molecule has 0 N–H and O–H groups in total. The van der Waals surface area contributed by atoms with Crippen LogP contribution in [-0.2, 0) is 4.74 Å². The predicted molar refractivity (Wildman–Crippen MR) is 53.5 cm³/mol. The quantitative estimate of drug-likeness (QED) is 0.594. The molecular formula is C12H14O. The summed E-state index contributed by atoms with van der Waals surface area (Å²) in [5, 5.41) is 0. The van der Waals surface area contributed by atoms with Gasteiger partial charge in [0.15, 0.2) is 0 Å². The molecule has 13 heavy (non-hydrogen) atoms. The van der Waals surface area contributed by atoms with E-state index in [-0.39, 0.29) is 6.10 Å². The molecule has 0 spiro atoms. The third-order valence-electron chi connectivity index (χ3n) is 2.42. The minimum Gasteiger partial charge on any atom is -0.373 e. The Balaban J connectivity index is 2.13. The van der Waals surface area contributed by atoms with Gasteiger partial charge in [0, 0.05) is 0 Å². The summed E-state index contributed by atoms with van der Waals surface area (Å²) >= 11 is 0. The maximum absolute atomic E-state index is 5.67. The molecule has 0 radical (unpaired) electrons. The van der Waals surface area contributed by atoms with E-state index in [1.165, 1.54) is 11.1 Å². The zero-order valence-corrected chi connectivity index (χ0v) is 7.70. The first-order valence-electron chi connectivity index (χ1n) is 4.69. The number of hydrogen-bond acceptors (Lipinski definition) is 1. The Hall–Kier alpha value is -1.08. The SMILES string of the molecule is C=C1CCO[C@@H](c2ccccc2)C1. The van der Waals surface area contributed by atoms with Crippen LogP contribution in [0.1, 0.15) is 24.5 Å². The molecule has 1 aliphatic heterocycles. The van der Waals surface area contributed by atoms with Gasteiger partial charge in [0.25, 0.3) is 0 Å². The van der Waals surface area contributed by atoms with Crippen molar-refractivity contribution < 1.29 is 4.74 Å². The van der Waals surface area contributed by atoms with Crippen LogP contribution in [0.2, 0.25) is 0 Å². The fourth-order valence-electron chi connectivity index (χ4n) is 1.65. The maximum Gasteiger partial charge on any atom is 0.0862 e. The maximum atomic E-state index is 5.67. The van der Waals surface area contributed by atoms with Gasteiger partial charge in [0.2, 0.25) is 0 Å². The monoisotopic (exact) mass is 174 g/mol. The van der Waals surface area contributed by atoms with E-state index in [1.54, 1.807) is 0 Å². The van der Waals surface area contributed by atoms with Crippen molar-refractivity contribution in [2.45, 2.75) is 18.9 Å². The zero-order chi connectivity index (χ0) is 9.10. The summed E-state index contributed by atoms with van der Waals surface area (Å²) in [5.74, 6) is 0. The van der Waals surface area contributed by atoms with Crippen LogP contribution in [0.25, 0.3) is 0 Å². The van der Waals surface area contributed by atoms with Crippen LogP contribution in [0.5, 0.6) is 0 Å². The van der Waals surface area contributed by atoms with Crippen molar-refractivity contribution in [2.24, 2.45) is 0 Å². The van der Waals surface area contributed by atoms with Gasteiger partial charge < -0.3 is 4.74 Å². The summed E-state index contributed by atoms with van der Waals surface area (Å²) in [7, 11) is 0. The van der Waals surface area contributed by atoms with Gasteiger partial charge in [-0.05, 0) is 18.4 Å². The Labute approximate surface area is 79.0 Å². The normalized spacial score (nSPS) is 23.1. The molecule has 1 heteroatoms. The Morgan fingerprint density at radius 3 is 2.69 bits per heavy atom. The van der Waals surface area contributed by atoms with Crippen LogP contribution in [0.3, 0.4) is 0 Å². The first-order valence-corrected chi connectivity index (χ1v) is 4.69. The number of ether oxygens (including phenoxy) is 1. The minimum absolute atomic E-state index is 0.238. The number of hydrogen-bond donors (Lipinski definition) is 0. The minimum atomic E-state index is 0.238. The lowest BCUT2D eigenvalue weighted by Crippen LogP contribution is -2.12. The average Bonchev–Trinajstić information content (AvgIpc) is 2.19. The van der Waals surface area contributed by atoms with E-state index in [2.05, 4.69) is 30.8 Å². The highest BCUT2D eigenvalue weighted by atomic mass is 16.5. The van der Waals surface area contributed by atoms with Gasteiger partial charge in [-0.15, -0.1) is 0 Å². The van der Waals surface area contributed by atoms with Crippen LogP contribution in [0, 0.1) is 0 Å². The van der Waals surface area contributed by atoms with Gasteiger partial charge in [-0.2, -0.15) is 0 Å². The largest absolute Gasteiger partial charge is 0.373 e. The predicted octanol–water partition coefficient (Wildman–Crippen LogP) is 3.09. The summed E-state index contributed by atoms with van der Waals surface area (Å²) < 4.78 is 5.67. The first-order chi connectivity index (χ1) is 6.36. The molecule has 1 aromatic carbocycles. The van der Waals surface area contributed by atoms with Crippen molar-refractivity contribution in [2.75, 3.05) is 6.61 Å². The summed E-state index contributed by atoms with van der Waals surface area (Å²) in [4.78, 5) is 0. The fraction of sp³-hybridized carbons (Fsp3) is 0.333. The molecule has 1 aliphatic rings. The molecule has 1 saturated heterocycles. The Kier molecular flexibility index (Phi) is 2.46. The molecule has 0 amide bonds. The Bertz CT molecular complexity index is 289. The summed E-state index contributed by atoms with van der Waals surface area (Å²) in [6.45, 7) is 4.83. The van der Waals surface area contributed by atoms with E-state index in [9.17, 15) is 0 Å². The van der Waals surface area contributed by atoms with Gasteiger partial charge in [-0.3, -0.25) is 0 Å². The third-order valence-corrected chi connectivity index (χ3v) is 2.42. The third kappa shape index (κ3) is 1.99. The topological polar surface area (TPSA) is 9.23 Å². The van der Waals surface area contributed by atoms with Crippen molar-refractivity contribution in [1.82, 2.24) is 0 Å². The molecule has 68 valence electrons. The average molecular weight is 174 g/mol. The van der Waals surface area contributed by atoms with Crippen LogP contribution in [0.15, 0.2) is 42.5 Å². The van der Waals surface area contributed by atoms with Crippen molar-refractivity contribution in [1.29, 1.82) is 0 Å². The van der Waals surface area contributed by atoms with E-state index in [0.717, 1.165) is 19.4 Å². The molecule has 0 saturated carbocycles. The molecule has 1 atom stereocenters. The molecule has 1 heterocycles. The van der Waals surface area contributed by atoms with Crippen molar-refractivity contribution in [3.05, 3.63) is 48.0 Å². The van der Waals surface area contributed by atoms with E-state index >= 15 is 0 Å². The van der Waals surface area contributed by atoms with Gasteiger partial charge in [0.05, 0.1) is 12.7 Å². The smallest absolute Gasteiger partial charge is 0.0862 e. The molecule has 1 nitrogen and oxygen atoms in total. The van der Waals surface area contributed by atoms with Gasteiger partial charge in [-0.25, -0.2) is 0 Å². The first kappa shape index (κ1) is 8.52. The summed E-state index contributed by atoms with van der Waals surface area (Å²) in [5.41, 5.74) is 2.57. The highest BCUT2D eigenvalue weighted by Crippen LogP contribution is 2.29. The molecule has 1 aromatic rings. The number of rotatable bonds is 1. The van der Waals surface area contributed by atoms with E-state index in [4.69, 9.17) is 4.74 Å². The van der Waals surface area contributed by atoms with Crippen LogP contribution >= 0.6 is 0 Å². The number of benzene rings is 1.